The predicted octanol–water partition coefficient (Wildman–Crippen LogP) is 2.58. The molecular formula is C17H17NO4. The van der Waals surface area contributed by atoms with Gasteiger partial charge >= 0.3 is 6.09 Å². The Morgan fingerprint density at radius 2 is 2.00 bits per heavy atom. The Bertz CT molecular complexity index is 644. The fraction of sp³-hybridized carbons (Fsp3) is 0.235. The van der Waals surface area contributed by atoms with E-state index in [2.05, 4.69) is 0 Å². The summed E-state index contributed by atoms with van der Waals surface area (Å²) in [5.41, 5.74) is 1.78. The molecule has 0 saturated carbocycles. The molecule has 0 spiro atoms. The maximum absolute atomic E-state index is 11.8. The number of carbonyl (C=O) groups is 1. The topological polar surface area (TPSA) is 59.0 Å². The minimum atomic E-state index is -0.471. The molecule has 1 unspecified atom stereocenters. The lowest BCUT2D eigenvalue weighted by Crippen LogP contribution is -2.25. The first-order valence-corrected chi connectivity index (χ1v) is 7.12. The maximum Gasteiger partial charge on any atom is 0.414 e. The summed E-state index contributed by atoms with van der Waals surface area (Å²) in [6.45, 7) is 0.637. The zero-order valence-corrected chi connectivity index (χ0v) is 12.0. The largest absolute Gasteiger partial charge is 0.489 e. The van der Waals surface area contributed by atoms with Crippen LogP contribution in [-0.2, 0) is 11.3 Å². The molecular weight excluding hydrogens is 282 g/mol. The summed E-state index contributed by atoms with van der Waals surface area (Å²) in [7, 11) is 0. The first kappa shape index (κ1) is 14.4. The van der Waals surface area contributed by atoms with Crippen LogP contribution >= 0.6 is 0 Å². The second-order valence-corrected chi connectivity index (χ2v) is 5.07. The molecule has 1 aliphatic heterocycles. The van der Waals surface area contributed by atoms with Crippen LogP contribution in [0.15, 0.2) is 54.6 Å². The number of carbonyl (C=O) groups excluding carboxylic acids is 1. The lowest BCUT2D eigenvalue weighted by Gasteiger charge is -2.14. The number of hydrogen-bond acceptors (Lipinski definition) is 4. The molecule has 0 bridgehead atoms. The lowest BCUT2D eigenvalue weighted by atomic mass is 10.2. The Balaban J connectivity index is 1.69. The zero-order chi connectivity index (χ0) is 15.4. The minimum Gasteiger partial charge on any atom is -0.489 e. The van der Waals surface area contributed by atoms with E-state index in [1.165, 1.54) is 4.90 Å². The average Bonchev–Trinajstić information content (AvgIpc) is 2.95. The molecule has 2 aromatic carbocycles. The van der Waals surface area contributed by atoms with Crippen molar-refractivity contribution < 1.29 is 19.4 Å². The van der Waals surface area contributed by atoms with Gasteiger partial charge in [-0.25, -0.2) is 4.79 Å². The molecule has 2 aromatic rings. The molecule has 5 nitrogen and oxygen atoms in total. The molecule has 1 N–H and O–H groups in total. The molecule has 1 amide bonds. The molecule has 1 saturated heterocycles. The lowest BCUT2D eigenvalue weighted by molar-refractivity contribution is 0.0963. The van der Waals surface area contributed by atoms with E-state index in [1.807, 2.05) is 48.5 Å². The Kier molecular flexibility index (Phi) is 4.25. The molecule has 1 fully saturated rings. The Morgan fingerprint density at radius 3 is 2.73 bits per heavy atom. The van der Waals surface area contributed by atoms with Gasteiger partial charge in [0, 0.05) is 6.07 Å². The van der Waals surface area contributed by atoms with Crippen LogP contribution in [0.4, 0.5) is 10.5 Å². The third kappa shape index (κ3) is 3.20. The van der Waals surface area contributed by atoms with Crippen molar-refractivity contribution in [3.05, 3.63) is 60.2 Å². The molecule has 0 aromatic heterocycles. The molecule has 1 heterocycles. The Labute approximate surface area is 128 Å². The minimum absolute atomic E-state index is 0.174. The highest BCUT2D eigenvalue weighted by Gasteiger charge is 2.31. The summed E-state index contributed by atoms with van der Waals surface area (Å²) < 4.78 is 10.8. The van der Waals surface area contributed by atoms with Crippen LogP contribution in [0.25, 0.3) is 0 Å². The molecule has 3 rings (SSSR count). The van der Waals surface area contributed by atoms with Crippen LogP contribution in [0.3, 0.4) is 0 Å². The van der Waals surface area contributed by atoms with Crippen molar-refractivity contribution in [2.24, 2.45) is 0 Å². The Hall–Kier alpha value is -2.53. The van der Waals surface area contributed by atoms with Crippen LogP contribution in [0.2, 0.25) is 0 Å². The van der Waals surface area contributed by atoms with Crippen LogP contribution in [-0.4, -0.2) is 30.5 Å². The number of hydrogen-bond donors (Lipinski definition) is 1. The van der Waals surface area contributed by atoms with Gasteiger partial charge in [-0.15, -0.1) is 0 Å². The SMILES string of the molecule is O=C1OC(CO)CN1c1cccc(OCc2ccccc2)c1. The first-order valence-electron chi connectivity index (χ1n) is 7.12. The second-order valence-electron chi connectivity index (χ2n) is 5.07. The fourth-order valence-corrected chi connectivity index (χ4v) is 2.31. The van der Waals surface area contributed by atoms with Crippen LogP contribution < -0.4 is 9.64 Å². The number of amides is 1. The fourth-order valence-electron chi connectivity index (χ4n) is 2.31. The van der Waals surface area contributed by atoms with Crippen molar-refractivity contribution in [2.75, 3.05) is 18.1 Å². The van der Waals surface area contributed by atoms with Gasteiger partial charge in [0.1, 0.15) is 18.5 Å². The van der Waals surface area contributed by atoms with Crippen LogP contribution in [0.5, 0.6) is 5.75 Å². The number of cyclic esters (lactones) is 1. The first-order chi connectivity index (χ1) is 10.8. The van der Waals surface area contributed by atoms with E-state index in [0.29, 0.717) is 24.6 Å². The quantitative estimate of drug-likeness (QED) is 0.922. The number of aliphatic hydroxyl groups is 1. The predicted molar refractivity (Wildman–Crippen MR) is 81.9 cm³/mol. The number of rotatable bonds is 5. The highest BCUT2D eigenvalue weighted by Crippen LogP contribution is 2.26. The van der Waals surface area contributed by atoms with Gasteiger partial charge in [-0.1, -0.05) is 36.4 Å². The van der Waals surface area contributed by atoms with Gasteiger partial charge in [-0.05, 0) is 17.7 Å². The van der Waals surface area contributed by atoms with Crippen molar-refractivity contribution in [1.82, 2.24) is 0 Å². The van der Waals surface area contributed by atoms with Crippen molar-refractivity contribution in [3.63, 3.8) is 0 Å². The molecule has 0 aliphatic carbocycles. The third-order valence-corrected chi connectivity index (χ3v) is 3.46. The van der Waals surface area contributed by atoms with E-state index in [-0.39, 0.29) is 6.61 Å². The summed E-state index contributed by atoms with van der Waals surface area (Å²) >= 11 is 0. The van der Waals surface area contributed by atoms with Gasteiger partial charge in [-0.3, -0.25) is 4.90 Å². The van der Waals surface area contributed by atoms with E-state index in [9.17, 15) is 4.79 Å². The highest BCUT2D eigenvalue weighted by molar-refractivity contribution is 5.89. The molecule has 5 heteroatoms. The third-order valence-electron chi connectivity index (χ3n) is 3.46. The number of aliphatic hydroxyl groups excluding tert-OH is 1. The van der Waals surface area contributed by atoms with Gasteiger partial charge in [0.2, 0.25) is 0 Å². The highest BCUT2D eigenvalue weighted by atomic mass is 16.6. The normalized spacial score (nSPS) is 17.4. The standard InChI is InChI=1S/C17H17NO4/c19-11-16-10-18(17(20)22-16)14-7-4-8-15(9-14)21-12-13-5-2-1-3-6-13/h1-9,16,19H,10-12H2. The van der Waals surface area contributed by atoms with E-state index >= 15 is 0 Å². The monoisotopic (exact) mass is 299 g/mol. The zero-order valence-electron chi connectivity index (χ0n) is 12.0. The molecule has 1 atom stereocenters. The average molecular weight is 299 g/mol. The summed E-state index contributed by atoms with van der Waals surface area (Å²) in [6.07, 6.45) is -0.916. The second kappa shape index (κ2) is 6.49. The number of ether oxygens (including phenoxy) is 2. The van der Waals surface area contributed by atoms with Crippen molar-refractivity contribution in [3.8, 4) is 5.75 Å². The van der Waals surface area contributed by atoms with Gasteiger partial charge in [0.15, 0.2) is 0 Å². The number of nitrogens with zero attached hydrogens (tertiary/aromatic N) is 1. The summed E-state index contributed by atoms with van der Waals surface area (Å²) in [5, 5.41) is 9.08. The summed E-state index contributed by atoms with van der Waals surface area (Å²) in [6, 6.07) is 17.2. The van der Waals surface area contributed by atoms with Crippen molar-refractivity contribution in [1.29, 1.82) is 0 Å². The molecule has 1 aliphatic rings. The van der Waals surface area contributed by atoms with Crippen molar-refractivity contribution in [2.45, 2.75) is 12.7 Å². The van der Waals surface area contributed by atoms with Gasteiger partial charge in [0.05, 0.1) is 18.8 Å². The number of benzene rings is 2. The van der Waals surface area contributed by atoms with E-state index in [1.54, 1.807) is 6.07 Å². The maximum atomic E-state index is 11.8. The van der Waals surface area contributed by atoms with Gasteiger partial charge in [0.25, 0.3) is 0 Å². The molecule has 0 radical (unpaired) electrons. The van der Waals surface area contributed by atoms with Crippen molar-refractivity contribution >= 4 is 11.8 Å². The Morgan fingerprint density at radius 1 is 1.18 bits per heavy atom. The smallest absolute Gasteiger partial charge is 0.414 e. The van der Waals surface area contributed by atoms with Gasteiger partial charge < -0.3 is 14.6 Å². The van der Waals surface area contributed by atoms with E-state index in [0.717, 1.165) is 5.56 Å². The van der Waals surface area contributed by atoms with Gasteiger partial charge in [-0.2, -0.15) is 0 Å². The molecule has 114 valence electrons. The number of anilines is 1. The summed E-state index contributed by atoms with van der Waals surface area (Å²) in [4.78, 5) is 13.3. The van der Waals surface area contributed by atoms with E-state index in [4.69, 9.17) is 14.6 Å². The van der Waals surface area contributed by atoms with E-state index < -0.39 is 12.2 Å². The molecule has 22 heavy (non-hydrogen) atoms. The van der Waals surface area contributed by atoms with Crippen LogP contribution in [0, 0.1) is 0 Å². The summed E-state index contributed by atoms with van der Waals surface area (Å²) in [5.74, 6) is 0.682. The van der Waals surface area contributed by atoms with Crippen LogP contribution in [0.1, 0.15) is 5.56 Å².